The molecule has 0 heterocycles. The van der Waals surface area contributed by atoms with Crippen molar-refractivity contribution in [3.05, 3.63) is 30.1 Å². The largest absolute Gasteiger partial charge is 0.482 e. The molecule has 0 aromatic heterocycles. The lowest BCUT2D eigenvalue weighted by atomic mass is 9.86. The molecule has 0 radical (unpaired) electrons. The van der Waals surface area contributed by atoms with Gasteiger partial charge in [0.25, 0.3) is 5.91 Å². The van der Waals surface area contributed by atoms with Crippen molar-refractivity contribution in [1.29, 1.82) is 0 Å². The zero-order valence-corrected chi connectivity index (χ0v) is 13.2. The summed E-state index contributed by atoms with van der Waals surface area (Å²) in [5.74, 6) is -0.498. The minimum atomic E-state index is -0.638. The summed E-state index contributed by atoms with van der Waals surface area (Å²) in [4.78, 5) is 23.3. The van der Waals surface area contributed by atoms with Crippen LogP contribution in [0.5, 0.6) is 5.75 Å². The molecule has 5 nitrogen and oxygen atoms in total. The van der Waals surface area contributed by atoms with Crippen molar-refractivity contribution in [3.63, 3.8) is 0 Å². The van der Waals surface area contributed by atoms with Crippen LogP contribution >= 0.6 is 0 Å². The molecule has 1 N–H and O–H groups in total. The van der Waals surface area contributed by atoms with Gasteiger partial charge in [0.1, 0.15) is 11.6 Å². The lowest BCUT2D eigenvalue weighted by Crippen LogP contribution is -2.43. The Hall–Kier alpha value is -2.11. The maximum absolute atomic E-state index is 12.7. The zero-order chi connectivity index (χ0) is 16.7. The van der Waals surface area contributed by atoms with Gasteiger partial charge in [0.15, 0.2) is 13.2 Å². The fraction of sp³-hybridized carbons (Fsp3) is 0.529. The molecule has 1 aliphatic carbocycles. The van der Waals surface area contributed by atoms with Crippen molar-refractivity contribution in [1.82, 2.24) is 5.32 Å². The summed E-state index contributed by atoms with van der Waals surface area (Å²) in [5, 5.41) is 2.91. The number of carbonyl (C=O) groups excluding carboxylic acids is 2. The summed E-state index contributed by atoms with van der Waals surface area (Å²) in [6.45, 7) is 1.49. The summed E-state index contributed by atoms with van der Waals surface area (Å²) in [7, 11) is 0. The summed E-state index contributed by atoms with van der Waals surface area (Å²) in [5.41, 5.74) is 0. The van der Waals surface area contributed by atoms with Crippen molar-refractivity contribution < 1.29 is 23.5 Å². The molecule has 2 atom stereocenters. The lowest BCUT2D eigenvalue weighted by molar-refractivity contribution is -0.150. The Labute approximate surface area is 135 Å². The molecule has 23 heavy (non-hydrogen) atoms. The Morgan fingerprint density at radius 2 is 1.87 bits per heavy atom. The van der Waals surface area contributed by atoms with Crippen LogP contribution in [-0.4, -0.2) is 31.1 Å². The Morgan fingerprint density at radius 3 is 2.57 bits per heavy atom. The number of amides is 1. The van der Waals surface area contributed by atoms with Crippen LogP contribution in [0.15, 0.2) is 24.3 Å². The standard InChI is InChI=1S/C17H22FNO4/c1-12-4-2-3-5-15(12)19-16(20)10-23-17(21)11-22-14-8-6-13(18)7-9-14/h6-9,12,15H,2-5,10-11H2,1H3,(H,19,20)/t12-,15+/m1/s1. The SMILES string of the molecule is C[C@@H]1CCCC[C@@H]1NC(=O)COC(=O)COc1ccc(F)cc1. The number of esters is 1. The first kappa shape index (κ1) is 17.2. The second-order valence-electron chi connectivity index (χ2n) is 5.84. The number of hydrogen-bond donors (Lipinski definition) is 1. The Kier molecular flexibility index (Phi) is 6.38. The third-order valence-electron chi connectivity index (χ3n) is 3.99. The highest BCUT2D eigenvalue weighted by Gasteiger charge is 2.23. The van der Waals surface area contributed by atoms with Crippen LogP contribution < -0.4 is 10.1 Å². The van der Waals surface area contributed by atoms with Gasteiger partial charge < -0.3 is 14.8 Å². The molecule has 0 unspecified atom stereocenters. The first-order valence-electron chi connectivity index (χ1n) is 7.88. The van der Waals surface area contributed by atoms with E-state index < -0.39 is 5.97 Å². The highest BCUT2D eigenvalue weighted by molar-refractivity contribution is 5.81. The van der Waals surface area contributed by atoms with E-state index in [1.165, 1.54) is 30.7 Å². The van der Waals surface area contributed by atoms with Gasteiger partial charge in [0, 0.05) is 6.04 Å². The highest BCUT2D eigenvalue weighted by atomic mass is 19.1. The Bertz CT molecular complexity index is 532. The first-order chi connectivity index (χ1) is 11.0. The average Bonchev–Trinajstić information content (AvgIpc) is 2.54. The highest BCUT2D eigenvalue weighted by Crippen LogP contribution is 2.23. The van der Waals surface area contributed by atoms with Gasteiger partial charge in [-0.15, -0.1) is 0 Å². The van der Waals surface area contributed by atoms with E-state index in [4.69, 9.17) is 9.47 Å². The molecule has 0 bridgehead atoms. The normalized spacial score (nSPS) is 20.6. The van der Waals surface area contributed by atoms with Gasteiger partial charge in [-0.3, -0.25) is 4.79 Å². The molecule has 1 aromatic rings. The lowest BCUT2D eigenvalue weighted by Gasteiger charge is -2.29. The minimum Gasteiger partial charge on any atom is -0.482 e. The van der Waals surface area contributed by atoms with Crippen LogP contribution in [0, 0.1) is 11.7 Å². The second-order valence-corrected chi connectivity index (χ2v) is 5.84. The summed E-state index contributed by atoms with van der Waals surface area (Å²) >= 11 is 0. The smallest absolute Gasteiger partial charge is 0.344 e. The number of ether oxygens (including phenoxy) is 2. The van der Waals surface area contributed by atoms with E-state index in [1.54, 1.807) is 0 Å². The maximum Gasteiger partial charge on any atom is 0.344 e. The quantitative estimate of drug-likeness (QED) is 0.817. The molecule has 0 spiro atoms. The van der Waals surface area contributed by atoms with Gasteiger partial charge in [-0.25, -0.2) is 9.18 Å². The second kappa shape index (κ2) is 8.50. The molecule has 1 aromatic carbocycles. The van der Waals surface area contributed by atoms with Gasteiger partial charge >= 0.3 is 5.97 Å². The predicted molar refractivity (Wildman–Crippen MR) is 82.4 cm³/mol. The van der Waals surface area contributed by atoms with Gasteiger partial charge in [0.2, 0.25) is 0 Å². The summed E-state index contributed by atoms with van der Waals surface area (Å²) in [6.07, 6.45) is 4.38. The molecule has 2 rings (SSSR count). The van der Waals surface area contributed by atoms with Crippen LogP contribution in [0.2, 0.25) is 0 Å². The fourth-order valence-corrected chi connectivity index (χ4v) is 2.64. The van der Waals surface area contributed by atoms with Crippen molar-refractivity contribution in [2.24, 2.45) is 5.92 Å². The number of rotatable bonds is 6. The number of benzene rings is 1. The topological polar surface area (TPSA) is 64.6 Å². The van der Waals surface area contributed by atoms with Crippen LogP contribution in [0.1, 0.15) is 32.6 Å². The first-order valence-corrected chi connectivity index (χ1v) is 7.88. The van der Waals surface area contributed by atoms with E-state index in [2.05, 4.69) is 12.2 Å². The monoisotopic (exact) mass is 323 g/mol. The predicted octanol–water partition coefficient (Wildman–Crippen LogP) is 2.44. The van der Waals surface area contributed by atoms with Gasteiger partial charge in [-0.2, -0.15) is 0 Å². The van der Waals surface area contributed by atoms with E-state index in [0.717, 1.165) is 19.3 Å². The van der Waals surface area contributed by atoms with Crippen molar-refractivity contribution in [2.45, 2.75) is 38.6 Å². The summed E-state index contributed by atoms with van der Waals surface area (Å²) < 4.78 is 22.7. The average molecular weight is 323 g/mol. The molecule has 1 aliphatic rings. The molecule has 0 saturated heterocycles. The van der Waals surface area contributed by atoms with Gasteiger partial charge in [0.05, 0.1) is 0 Å². The number of halogens is 1. The fourth-order valence-electron chi connectivity index (χ4n) is 2.64. The van der Waals surface area contributed by atoms with E-state index in [1.807, 2.05) is 0 Å². The van der Waals surface area contributed by atoms with Crippen LogP contribution in [-0.2, 0) is 14.3 Å². The third-order valence-corrected chi connectivity index (χ3v) is 3.99. The van der Waals surface area contributed by atoms with E-state index in [-0.39, 0.29) is 31.0 Å². The molecule has 1 saturated carbocycles. The van der Waals surface area contributed by atoms with E-state index in [0.29, 0.717) is 11.7 Å². The minimum absolute atomic E-state index is 0.158. The Morgan fingerprint density at radius 1 is 1.17 bits per heavy atom. The van der Waals surface area contributed by atoms with Gasteiger partial charge in [-0.05, 0) is 43.0 Å². The number of nitrogens with one attached hydrogen (secondary N) is 1. The van der Waals surface area contributed by atoms with Crippen LogP contribution in [0.4, 0.5) is 4.39 Å². The molecule has 1 fully saturated rings. The number of hydrogen-bond acceptors (Lipinski definition) is 4. The van der Waals surface area contributed by atoms with E-state index in [9.17, 15) is 14.0 Å². The molecular weight excluding hydrogens is 301 g/mol. The van der Waals surface area contributed by atoms with Crippen LogP contribution in [0.25, 0.3) is 0 Å². The molecule has 6 heteroatoms. The van der Waals surface area contributed by atoms with E-state index >= 15 is 0 Å². The molecule has 0 aliphatic heterocycles. The van der Waals surface area contributed by atoms with Crippen molar-refractivity contribution in [2.75, 3.05) is 13.2 Å². The Balaban J connectivity index is 1.65. The molecule has 1 amide bonds. The van der Waals surface area contributed by atoms with Crippen molar-refractivity contribution >= 4 is 11.9 Å². The molecular formula is C17H22FNO4. The zero-order valence-electron chi connectivity index (χ0n) is 13.2. The van der Waals surface area contributed by atoms with Gasteiger partial charge in [-0.1, -0.05) is 19.8 Å². The number of carbonyl (C=O) groups is 2. The van der Waals surface area contributed by atoms with Crippen LogP contribution in [0.3, 0.4) is 0 Å². The summed E-state index contributed by atoms with van der Waals surface area (Å²) in [6, 6.07) is 5.46. The van der Waals surface area contributed by atoms with Crippen molar-refractivity contribution in [3.8, 4) is 5.75 Å². The third kappa shape index (κ3) is 5.88. The molecule has 126 valence electrons. The maximum atomic E-state index is 12.7.